The molecule has 1 aliphatic rings. The smallest absolute Gasteiger partial charge is 0.338 e. The maximum Gasteiger partial charge on any atom is 0.338 e. The summed E-state index contributed by atoms with van der Waals surface area (Å²) in [6, 6.07) is 14.7. The van der Waals surface area contributed by atoms with E-state index in [9.17, 15) is 9.59 Å². The quantitative estimate of drug-likeness (QED) is 0.731. The highest BCUT2D eigenvalue weighted by Crippen LogP contribution is 2.23. The number of hydrogen-bond donors (Lipinski definition) is 1. The van der Waals surface area contributed by atoms with Gasteiger partial charge in [-0.3, -0.25) is 9.69 Å². The number of likely N-dealkylation sites (tertiary alicyclic amines) is 1. The summed E-state index contributed by atoms with van der Waals surface area (Å²) < 4.78 is 5.02. The molecule has 3 rings (SSSR count). The average molecular weight is 401 g/mol. The van der Waals surface area contributed by atoms with E-state index < -0.39 is 0 Å². The summed E-state index contributed by atoms with van der Waals surface area (Å²) >= 11 is 6.27. The van der Waals surface area contributed by atoms with Crippen LogP contribution in [0.25, 0.3) is 0 Å². The number of anilines is 1. The number of ether oxygens (including phenoxy) is 1. The zero-order valence-electron chi connectivity index (χ0n) is 16.0. The van der Waals surface area contributed by atoms with Crippen molar-refractivity contribution in [2.45, 2.75) is 26.3 Å². The van der Waals surface area contributed by atoms with Crippen LogP contribution in [0.15, 0.2) is 48.5 Å². The van der Waals surface area contributed by atoms with Crippen LogP contribution in [0.3, 0.4) is 0 Å². The molecule has 5 nitrogen and oxygen atoms in total. The van der Waals surface area contributed by atoms with Gasteiger partial charge in [-0.15, -0.1) is 0 Å². The van der Waals surface area contributed by atoms with Gasteiger partial charge in [-0.2, -0.15) is 0 Å². The van der Waals surface area contributed by atoms with E-state index in [0.717, 1.165) is 36.5 Å². The van der Waals surface area contributed by atoms with Gasteiger partial charge in [0.1, 0.15) is 0 Å². The van der Waals surface area contributed by atoms with Crippen molar-refractivity contribution in [2.24, 2.45) is 5.92 Å². The number of carbonyl (C=O) groups excluding carboxylic acids is 2. The summed E-state index contributed by atoms with van der Waals surface area (Å²) in [4.78, 5) is 26.9. The van der Waals surface area contributed by atoms with Gasteiger partial charge in [0, 0.05) is 23.8 Å². The number of hydrogen-bond acceptors (Lipinski definition) is 4. The minimum atomic E-state index is -0.387. The molecule has 0 spiro atoms. The molecule has 28 heavy (non-hydrogen) atoms. The first-order valence-electron chi connectivity index (χ1n) is 9.60. The number of carbonyl (C=O) groups is 2. The SMILES string of the molecule is CCOC(=O)c1cccc(NC(=O)C2CCCN(Cc3ccccc3Cl)C2)c1. The predicted molar refractivity (Wildman–Crippen MR) is 110 cm³/mol. The van der Waals surface area contributed by atoms with Crippen molar-refractivity contribution >= 4 is 29.2 Å². The Morgan fingerprint density at radius 3 is 2.82 bits per heavy atom. The molecule has 0 saturated carbocycles. The third-order valence-corrected chi connectivity index (χ3v) is 5.24. The molecule has 1 fully saturated rings. The second-order valence-corrected chi connectivity index (χ2v) is 7.36. The zero-order chi connectivity index (χ0) is 19.9. The minimum Gasteiger partial charge on any atom is -0.462 e. The van der Waals surface area contributed by atoms with Crippen molar-refractivity contribution in [1.29, 1.82) is 0 Å². The normalized spacial score (nSPS) is 17.1. The monoisotopic (exact) mass is 400 g/mol. The third-order valence-electron chi connectivity index (χ3n) is 4.87. The Hall–Kier alpha value is -2.37. The summed E-state index contributed by atoms with van der Waals surface area (Å²) in [5.74, 6) is -0.505. The van der Waals surface area contributed by atoms with Gasteiger partial charge in [-0.1, -0.05) is 35.9 Å². The van der Waals surface area contributed by atoms with E-state index in [1.165, 1.54) is 0 Å². The van der Waals surface area contributed by atoms with Gasteiger partial charge >= 0.3 is 5.97 Å². The molecule has 0 radical (unpaired) electrons. The first-order chi connectivity index (χ1) is 13.6. The van der Waals surface area contributed by atoms with Crippen molar-refractivity contribution in [3.05, 3.63) is 64.7 Å². The predicted octanol–water partition coefficient (Wildman–Crippen LogP) is 4.37. The van der Waals surface area contributed by atoms with Gasteiger partial charge in [-0.05, 0) is 56.1 Å². The number of halogens is 1. The van der Waals surface area contributed by atoms with Crippen LogP contribution < -0.4 is 5.32 Å². The topological polar surface area (TPSA) is 58.6 Å². The van der Waals surface area contributed by atoms with Gasteiger partial charge in [0.2, 0.25) is 5.91 Å². The molecule has 2 aromatic carbocycles. The van der Waals surface area contributed by atoms with Gasteiger partial charge in [0.15, 0.2) is 0 Å². The number of nitrogens with zero attached hydrogens (tertiary/aromatic N) is 1. The van der Waals surface area contributed by atoms with Crippen LogP contribution in [0.4, 0.5) is 5.69 Å². The number of amides is 1. The summed E-state index contributed by atoms with van der Waals surface area (Å²) in [5.41, 5.74) is 2.12. The second-order valence-electron chi connectivity index (χ2n) is 6.96. The molecule has 1 N–H and O–H groups in total. The van der Waals surface area contributed by atoms with Crippen molar-refractivity contribution in [1.82, 2.24) is 4.90 Å². The van der Waals surface area contributed by atoms with Crippen molar-refractivity contribution < 1.29 is 14.3 Å². The lowest BCUT2D eigenvalue weighted by atomic mass is 9.96. The lowest BCUT2D eigenvalue weighted by Gasteiger charge is -2.32. The standard InChI is InChI=1S/C22H25ClN2O3/c1-2-28-22(27)16-8-5-10-19(13-16)24-21(26)18-9-6-12-25(15-18)14-17-7-3-4-11-20(17)23/h3-5,7-8,10-11,13,18H,2,6,9,12,14-15H2,1H3,(H,24,26). The fourth-order valence-electron chi connectivity index (χ4n) is 3.46. The molecule has 1 unspecified atom stereocenters. The highest BCUT2D eigenvalue weighted by molar-refractivity contribution is 6.31. The number of rotatable bonds is 6. The zero-order valence-corrected chi connectivity index (χ0v) is 16.7. The summed E-state index contributed by atoms with van der Waals surface area (Å²) in [7, 11) is 0. The van der Waals surface area contributed by atoms with Gasteiger partial charge in [0.25, 0.3) is 0 Å². The lowest BCUT2D eigenvalue weighted by Crippen LogP contribution is -2.40. The molecular weight excluding hydrogens is 376 g/mol. The Morgan fingerprint density at radius 1 is 1.21 bits per heavy atom. The molecule has 1 atom stereocenters. The van der Waals surface area contributed by atoms with Gasteiger partial charge in [0.05, 0.1) is 18.1 Å². The first-order valence-corrected chi connectivity index (χ1v) is 9.98. The van der Waals surface area contributed by atoms with E-state index in [1.54, 1.807) is 31.2 Å². The molecule has 6 heteroatoms. The van der Waals surface area contributed by atoms with Crippen molar-refractivity contribution in [3.63, 3.8) is 0 Å². The van der Waals surface area contributed by atoms with Crippen LogP contribution >= 0.6 is 11.6 Å². The summed E-state index contributed by atoms with van der Waals surface area (Å²) in [5, 5.41) is 3.70. The summed E-state index contributed by atoms with van der Waals surface area (Å²) in [6.07, 6.45) is 1.81. The van der Waals surface area contributed by atoms with E-state index in [-0.39, 0.29) is 17.8 Å². The minimum absolute atomic E-state index is 0.0233. The van der Waals surface area contributed by atoms with Crippen LogP contribution in [0.5, 0.6) is 0 Å². The van der Waals surface area contributed by atoms with Crippen LogP contribution in [0, 0.1) is 5.92 Å². The van der Waals surface area contributed by atoms with Crippen LogP contribution in [0.1, 0.15) is 35.7 Å². The number of nitrogens with one attached hydrogen (secondary N) is 1. The molecule has 1 saturated heterocycles. The highest BCUT2D eigenvalue weighted by atomic mass is 35.5. The molecule has 1 heterocycles. The van der Waals surface area contributed by atoms with E-state index in [2.05, 4.69) is 10.2 Å². The van der Waals surface area contributed by atoms with Crippen molar-refractivity contribution in [3.8, 4) is 0 Å². The number of piperidine rings is 1. The molecule has 148 valence electrons. The first kappa shape index (κ1) is 20.4. The Balaban J connectivity index is 1.60. The van der Waals surface area contributed by atoms with Gasteiger partial charge < -0.3 is 10.1 Å². The van der Waals surface area contributed by atoms with Crippen LogP contribution in [-0.4, -0.2) is 36.5 Å². The van der Waals surface area contributed by atoms with E-state index in [1.807, 2.05) is 24.3 Å². The number of benzene rings is 2. The lowest BCUT2D eigenvalue weighted by molar-refractivity contribution is -0.121. The average Bonchev–Trinajstić information content (AvgIpc) is 2.70. The van der Waals surface area contributed by atoms with Crippen LogP contribution in [0.2, 0.25) is 5.02 Å². The Bertz CT molecular complexity index is 840. The largest absolute Gasteiger partial charge is 0.462 e. The maximum absolute atomic E-state index is 12.8. The fourth-order valence-corrected chi connectivity index (χ4v) is 3.66. The molecular formula is C22H25ClN2O3. The Kier molecular flexibility index (Phi) is 7.06. The molecule has 1 amide bonds. The molecule has 0 aromatic heterocycles. The third kappa shape index (κ3) is 5.33. The summed E-state index contributed by atoms with van der Waals surface area (Å²) in [6.45, 7) is 4.46. The Morgan fingerprint density at radius 2 is 2.04 bits per heavy atom. The number of esters is 1. The molecule has 0 aliphatic carbocycles. The second kappa shape index (κ2) is 9.71. The molecule has 1 aliphatic heterocycles. The van der Waals surface area contributed by atoms with Crippen molar-refractivity contribution in [2.75, 3.05) is 25.0 Å². The fraction of sp³-hybridized carbons (Fsp3) is 0.364. The van der Waals surface area contributed by atoms with Crippen LogP contribution in [-0.2, 0) is 16.1 Å². The maximum atomic E-state index is 12.8. The Labute approximate surface area is 170 Å². The van der Waals surface area contributed by atoms with Gasteiger partial charge in [-0.25, -0.2) is 4.79 Å². The van der Waals surface area contributed by atoms with E-state index in [4.69, 9.17) is 16.3 Å². The molecule has 0 bridgehead atoms. The van der Waals surface area contributed by atoms with E-state index in [0.29, 0.717) is 24.4 Å². The highest BCUT2D eigenvalue weighted by Gasteiger charge is 2.26. The van der Waals surface area contributed by atoms with E-state index >= 15 is 0 Å². The molecule has 2 aromatic rings.